The van der Waals surface area contributed by atoms with Gasteiger partial charge in [-0.1, -0.05) is 60.1 Å². The fourth-order valence-electron chi connectivity index (χ4n) is 3.39. The molecule has 4 rings (SSSR count). The van der Waals surface area contributed by atoms with Crippen LogP contribution in [0.5, 0.6) is 0 Å². The second kappa shape index (κ2) is 8.39. The quantitative estimate of drug-likeness (QED) is 0.245. The lowest BCUT2D eigenvalue weighted by Crippen LogP contribution is -2.22. The molecule has 0 amide bonds. The van der Waals surface area contributed by atoms with E-state index in [1.807, 2.05) is 54.6 Å². The summed E-state index contributed by atoms with van der Waals surface area (Å²) in [6.07, 6.45) is 0.501. The number of benzene rings is 3. The number of guanidine groups is 1. The lowest BCUT2D eigenvalue weighted by atomic mass is 9.96. The third kappa shape index (κ3) is 4.04. The summed E-state index contributed by atoms with van der Waals surface area (Å²) >= 11 is 6.05. The van der Waals surface area contributed by atoms with E-state index in [9.17, 15) is 4.39 Å². The molecule has 0 radical (unpaired) electrons. The first kappa shape index (κ1) is 19.7. The maximum atomic E-state index is 13.8. The van der Waals surface area contributed by atoms with Crippen molar-refractivity contribution in [3.05, 3.63) is 94.8 Å². The van der Waals surface area contributed by atoms with Crippen molar-refractivity contribution in [2.24, 2.45) is 21.7 Å². The Bertz CT molecular complexity index is 1260. The fraction of sp³-hybridized carbons (Fsp3) is 0.0435. The molecular formula is C23H19ClFN5. The van der Waals surface area contributed by atoms with E-state index in [0.717, 1.165) is 33.3 Å². The van der Waals surface area contributed by atoms with Gasteiger partial charge in [0.15, 0.2) is 0 Å². The van der Waals surface area contributed by atoms with Crippen LogP contribution in [0.25, 0.3) is 22.2 Å². The van der Waals surface area contributed by atoms with Crippen molar-refractivity contribution in [2.75, 3.05) is 0 Å². The van der Waals surface area contributed by atoms with Crippen molar-refractivity contribution < 1.29 is 4.39 Å². The summed E-state index contributed by atoms with van der Waals surface area (Å²) in [6, 6.07) is 22.3. The minimum atomic E-state index is -0.475. The van der Waals surface area contributed by atoms with Crippen LogP contribution in [0.3, 0.4) is 0 Å². The van der Waals surface area contributed by atoms with Crippen LogP contribution >= 0.6 is 11.6 Å². The van der Waals surface area contributed by atoms with E-state index >= 15 is 0 Å². The van der Waals surface area contributed by atoms with E-state index in [1.165, 1.54) is 6.07 Å². The molecule has 30 heavy (non-hydrogen) atoms. The van der Waals surface area contributed by atoms with Crippen molar-refractivity contribution in [1.82, 2.24) is 4.98 Å². The van der Waals surface area contributed by atoms with Gasteiger partial charge in [-0.05, 0) is 29.8 Å². The first-order chi connectivity index (χ1) is 14.5. The number of nitrogens with zero attached hydrogens (tertiary/aromatic N) is 2. The van der Waals surface area contributed by atoms with E-state index in [1.54, 1.807) is 12.1 Å². The molecule has 150 valence electrons. The molecule has 5 nitrogen and oxygen atoms in total. The van der Waals surface area contributed by atoms with Gasteiger partial charge >= 0.3 is 0 Å². The molecule has 0 spiro atoms. The molecule has 0 atom stereocenters. The van der Waals surface area contributed by atoms with Crippen LogP contribution in [0.4, 0.5) is 4.39 Å². The fourth-order valence-corrected chi connectivity index (χ4v) is 3.57. The topological polar surface area (TPSA) is 92.6 Å². The largest absolute Gasteiger partial charge is 0.369 e. The Morgan fingerprint density at radius 2 is 1.67 bits per heavy atom. The van der Waals surface area contributed by atoms with Crippen molar-refractivity contribution in [3.63, 3.8) is 0 Å². The molecule has 0 aliphatic carbocycles. The highest BCUT2D eigenvalue weighted by molar-refractivity contribution is 6.31. The molecule has 3 aromatic carbocycles. The molecule has 0 fully saturated rings. The van der Waals surface area contributed by atoms with Gasteiger partial charge in [-0.15, -0.1) is 5.10 Å². The number of hydrogen-bond acceptors (Lipinski definition) is 2. The molecule has 0 saturated carbocycles. The van der Waals surface area contributed by atoms with Gasteiger partial charge in [0.05, 0.1) is 16.4 Å². The number of hydrogen-bond donors (Lipinski definition) is 3. The Balaban J connectivity index is 1.96. The van der Waals surface area contributed by atoms with Gasteiger partial charge in [-0.3, -0.25) is 0 Å². The van der Waals surface area contributed by atoms with Gasteiger partial charge in [0.1, 0.15) is 5.82 Å². The number of nitrogens with two attached hydrogens (primary N) is 2. The van der Waals surface area contributed by atoms with Crippen LogP contribution in [0, 0.1) is 5.82 Å². The van der Waals surface area contributed by atoms with Crippen LogP contribution < -0.4 is 11.5 Å². The van der Waals surface area contributed by atoms with E-state index in [0.29, 0.717) is 12.1 Å². The van der Waals surface area contributed by atoms with Crippen LogP contribution in [0.15, 0.2) is 83.0 Å². The number of nitrogens with one attached hydrogen (secondary N) is 1. The smallest absolute Gasteiger partial charge is 0.211 e. The molecule has 4 aromatic rings. The molecule has 0 saturated heterocycles. The normalized spacial score (nSPS) is 11.6. The standard InChI is InChI=1S/C23H19ClFN5/c24-17-13-15(10-11-18(17)25)22-21(16-8-4-5-9-19(16)28-22)20(29-30-23(26)27)12-14-6-2-1-3-7-14/h1-11,13,28H,12H2,(H4,26,27,30). The highest BCUT2D eigenvalue weighted by Gasteiger charge is 2.19. The molecule has 0 aliphatic heterocycles. The Morgan fingerprint density at radius 3 is 2.40 bits per heavy atom. The van der Waals surface area contributed by atoms with Crippen LogP contribution in [-0.4, -0.2) is 16.7 Å². The minimum Gasteiger partial charge on any atom is -0.369 e. The van der Waals surface area contributed by atoms with Crippen LogP contribution in [-0.2, 0) is 6.42 Å². The Labute approximate surface area is 177 Å². The second-order valence-corrected chi connectivity index (χ2v) is 7.19. The van der Waals surface area contributed by atoms with E-state index in [-0.39, 0.29) is 11.0 Å². The van der Waals surface area contributed by atoms with Gasteiger partial charge in [0, 0.05) is 28.5 Å². The Morgan fingerprint density at radius 1 is 0.933 bits per heavy atom. The molecular weight excluding hydrogens is 401 g/mol. The average molecular weight is 420 g/mol. The number of aromatic amines is 1. The van der Waals surface area contributed by atoms with Crippen molar-refractivity contribution >= 4 is 34.2 Å². The summed E-state index contributed by atoms with van der Waals surface area (Å²) in [5, 5.41) is 9.27. The van der Waals surface area contributed by atoms with Crippen molar-refractivity contribution in [1.29, 1.82) is 0 Å². The number of fused-ring (bicyclic) bond motifs is 1. The third-order valence-electron chi connectivity index (χ3n) is 4.70. The van der Waals surface area contributed by atoms with Gasteiger partial charge in [0.25, 0.3) is 0 Å². The Kier molecular flexibility index (Phi) is 5.50. The maximum Gasteiger partial charge on any atom is 0.211 e. The van der Waals surface area contributed by atoms with Gasteiger partial charge < -0.3 is 16.5 Å². The van der Waals surface area contributed by atoms with E-state index in [2.05, 4.69) is 15.2 Å². The van der Waals surface area contributed by atoms with Crippen molar-refractivity contribution in [2.45, 2.75) is 6.42 Å². The maximum absolute atomic E-state index is 13.8. The predicted octanol–water partition coefficient (Wildman–Crippen LogP) is 4.85. The summed E-state index contributed by atoms with van der Waals surface area (Å²) in [5.74, 6) is -0.608. The molecule has 7 heteroatoms. The lowest BCUT2D eigenvalue weighted by Gasteiger charge is -2.09. The Hall–Kier alpha value is -3.64. The minimum absolute atomic E-state index is 0.0443. The predicted molar refractivity (Wildman–Crippen MR) is 121 cm³/mol. The molecule has 0 aliphatic rings. The summed E-state index contributed by atoms with van der Waals surface area (Å²) in [5.41, 5.74) is 16.0. The van der Waals surface area contributed by atoms with E-state index in [4.69, 9.17) is 23.1 Å². The molecule has 0 unspecified atom stereocenters. The summed E-state index contributed by atoms with van der Waals surface area (Å²) in [4.78, 5) is 3.41. The highest BCUT2D eigenvalue weighted by Crippen LogP contribution is 2.33. The summed E-state index contributed by atoms with van der Waals surface area (Å²) in [7, 11) is 0. The third-order valence-corrected chi connectivity index (χ3v) is 4.99. The van der Waals surface area contributed by atoms with Gasteiger partial charge in [0.2, 0.25) is 5.96 Å². The van der Waals surface area contributed by atoms with E-state index < -0.39 is 5.82 Å². The average Bonchev–Trinajstić information content (AvgIpc) is 3.13. The number of rotatable bonds is 5. The zero-order valence-electron chi connectivity index (χ0n) is 15.9. The highest BCUT2D eigenvalue weighted by atomic mass is 35.5. The van der Waals surface area contributed by atoms with Crippen LogP contribution in [0.1, 0.15) is 11.1 Å². The lowest BCUT2D eigenvalue weighted by molar-refractivity contribution is 0.628. The molecule has 5 N–H and O–H groups in total. The van der Waals surface area contributed by atoms with Crippen LogP contribution in [0.2, 0.25) is 5.02 Å². The zero-order valence-corrected chi connectivity index (χ0v) is 16.7. The van der Waals surface area contributed by atoms with Gasteiger partial charge in [-0.2, -0.15) is 5.10 Å². The first-order valence-electron chi connectivity index (χ1n) is 9.29. The summed E-state index contributed by atoms with van der Waals surface area (Å²) in [6.45, 7) is 0. The first-order valence-corrected chi connectivity index (χ1v) is 9.66. The zero-order chi connectivity index (χ0) is 21.1. The number of halogens is 2. The molecule has 1 aromatic heterocycles. The second-order valence-electron chi connectivity index (χ2n) is 6.78. The van der Waals surface area contributed by atoms with Gasteiger partial charge in [-0.25, -0.2) is 4.39 Å². The summed E-state index contributed by atoms with van der Waals surface area (Å²) < 4.78 is 13.8. The number of para-hydroxylation sites is 1. The number of aromatic nitrogens is 1. The molecule has 0 bridgehead atoms. The monoisotopic (exact) mass is 419 g/mol. The molecule has 1 heterocycles. The SMILES string of the molecule is NC(N)=NN=C(Cc1ccccc1)c1c(-c2ccc(F)c(Cl)c2)[nH]c2ccccc12. The number of H-pyrrole nitrogens is 1. The van der Waals surface area contributed by atoms with Crippen molar-refractivity contribution in [3.8, 4) is 11.3 Å².